The predicted molar refractivity (Wildman–Crippen MR) is 126 cm³/mol. The van der Waals surface area contributed by atoms with Crippen LogP contribution in [0.5, 0.6) is 5.75 Å². The third-order valence-electron chi connectivity index (χ3n) is 5.39. The first-order valence-electron chi connectivity index (χ1n) is 9.61. The summed E-state index contributed by atoms with van der Waals surface area (Å²) in [4.78, 5) is 14.0. The Bertz CT molecular complexity index is 1090. The van der Waals surface area contributed by atoms with E-state index in [1.54, 1.807) is 36.0 Å². The number of thiazole rings is 2. The summed E-state index contributed by atoms with van der Waals surface area (Å²) in [5.41, 5.74) is 3.08. The number of aromatic amines is 1. The molecular formula is C20H23ClN6OS2. The van der Waals surface area contributed by atoms with E-state index in [0.717, 1.165) is 68.2 Å². The summed E-state index contributed by atoms with van der Waals surface area (Å²) in [7, 11) is 3.84. The molecule has 10 heteroatoms. The fraction of sp³-hybridized carbons (Fsp3) is 0.350. The van der Waals surface area contributed by atoms with Gasteiger partial charge in [0, 0.05) is 24.8 Å². The molecule has 4 aromatic rings. The van der Waals surface area contributed by atoms with Gasteiger partial charge in [-0.3, -0.25) is 5.10 Å². The second-order valence-electron chi connectivity index (χ2n) is 7.12. The van der Waals surface area contributed by atoms with E-state index in [9.17, 15) is 0 Å². The van der Waals surface area contributed by atoms with Gasteiger partial charge in [0.2, 0.25) is 0 Å². The number of rotatable bonds is 5. The summed E-state index contributed by atoms with van der Waals surface area (Å²) >= 11 is 3.29. The maximum absolute atomic E-state index is 5.66. The molecule has 158 valence electrons. The van der Waals surface area contributed by atoms with E-state index in [4.69, 9.17) is 14.7 Å². The van der Waals surface area contributed by atoms with Gasteiger partial charge in [-0.05, 0) is 43.6 Å². The number of ether oxygens (including phenoxy) is 1. The maximum Gasteiger partial charge on any atom is 0.188 e. The van der Waals surface area contributed by atoms with Crippen molar-refractivity contribution in [3.8, 4) is 27.4 Å². The number of piperidine rings is 1. The van der Waals surface area contributed by atoms with Crippen molar-refractivity contribution in [1.82, 2.24) is 25.5 Å². The molecule has 0 bridgehead atoms. The van der Waals surface area contributed by atoms with Gasteiger partial charge in [0.1, 0.15) is 10.8 Å². The second kappa shape index (κ2) is 8.89. The fourth-order valence-electron chi connectivity index (χ4n) is 3.70. The third kappa shape index (κ3) is 3.90. The number of benzene rings is 1. The Balaban J connectivity index is 0.00000218. The fourth-order valence-corrected chi connectivity index (χ4v) is 5.81. The largest absolute Gasteiger partial charge is 0.496 e. The van der Waals surface area contributed by atoms with Crippen LogP contribution in [-0.2, 0) is 0 Å². The van der Waals surface area contributed by atoms with Gasteiger partial charge in [-0.2, -0.15) is 5.10 Å². The highest BCUT2D eigenvalue weighted by molar-refractivity contribution is 7.29. The van der Waals surface area contributed by atoms with Gasteiger partial charge >= 0.3 is 0 Å². The van der Waals surface area contributed by atoms with Crippen LogP contribution < -0.4 is 15.0 Å². The van der Waals surface area contributed by atoms with Gasteiger partial charge in [-0.1, -0.05) is 28.7 Å². The van der Waals surface area contributed by atoms with E-state index >= 15 is 0 Å². The molecule has 1 fully saturated rings. The first kappa shape index (κ1) is 21.0. The van der Waals surface area contributed by atoms with Crippen LogP contribution >= 0.6 is 35.1 Å². The summed E-state index contributed by atoms with van der Waals surface area (Å²) in [6, 6.07) is 6.71. The molecule has 1 saturated heterocycles. The first-order valence-corrected chi connectivity index (χ1v) is 11.2. The molecule has 0 aliphatic carbocycles. The number of aromatic nitrogens is 4. The minimum atomic E-state index is 0. The topological polar surface area (TPSA) is 79.0 Å². The van der Waals surface area contributed by atoms with Crippen LogP contribution in [0.3, 0.4) is 0 Å². The summed E-state index contributed by atoms with van der Waals surface area (Å²) < 4.78 is 5.66. The number of hydrogen-bond donors (Lipinski definition) is 2. The van der Waals surface area contributed by atoms with E-state index < -0.39 is 0 Å². The zero-order valence-electron chi connectivity index (χ0n) is 16.7. The van der Waals surface area contributed by atoms with Gasteiger partial charge in [-0.15, -0.1) is 12.4 Å². The van der Waals surface area contributed by atoms with Crippen molar-refractivity contribution in [2.24, 2.45) is 0 Å². The Hall–Kier alpha value is -2.20. The number of fused-ring (bicyclic) bond motifs is 1. The van der Waals surface area contributed by atoms with Gasteiger partial charge in [0.05, 0.1) is 18.9 Å². The summed E-state index contributed by atoms with van der Waals surface area (Å²) in [6.07, 6.45) is 5.99. The van der Waals surface area contributed by atoms with E-state index in [1.165, 1.54) is 0 Å². The van der Waals surface area contributed by atoms with Crippen molar-refractivity contribution in [1.29, 1.82) is 0 Å². The predicted octanol–water partition coefficient (Wildman–Crippen LogP) is 4.43. The summed E-state index contributed by atoms with van der Waals surface area (Å²) in [5, 5.41) is 12.3. The Morgan fingerprint density at radius 2 is 1.90 bits per heavy atom. The number of nitrogens with zero attached hydrogens (tertiary/aromatic N) is 4. The van der Waals surface area contributed by atoms with Crippen molar-refractivity contribution in [2.45, 2.75) is 18.9 Å². The normalized spacial score (nSPS) is 14.6. The standard InChI is InChI=1S/C20H22N6OS2.ClH/c1-26(14-5-7-21-8-6-14)20-25-19-18(29-20)24-17(28-19)15-4-3-12(9-16(15)27-2)13-10-22-23-11-13;/h3-4,9-11,14,21H,5-8H2,1-2H3,(H,22,23);1H. The second-order valence-corrected chi connectivity index (χ2v) is 9.05. The van der Waals surface area contributed by atoms with Crippen LogP contribution in [0.2, 0.25) is 0 Å². The highest BCUT2D eigenvalue weighted by Gasteiger charge is 2.22. The molecule has 0 spiro atoms. The Morgan fingerprint density at radius 3 is 2.60 bits per heavy atom. The number of hydrogen-bond acceptors (Lipinski definition) is 8. The molecule has 5 rings (SSSR count). The van der Waals surface area contributed by atoms with Crippen molar-refractivity contribution in [3.63, 3.8) is 0 Å². The molecule has 1 aliphatic rings. The van der Waals surface area contributed by atoms with Crippen LogP contribution in [0.25, 0.3) is 31.4 Å². The number of nitrogens with one attached hydrogen (secondary N) is 2. The van der Waals surface area contributed by atoms with Crippen molar-refractivity contribution in [3.05, 3.63) is 30.6 Å². The summed E-state index contributed by atoms with van der Waals surface area (Å²) in [6.45, 7) is 2.15. The molecule has 4 heterocycles. The third-order valence-corrected chi connectivity index (χ3v) is 7.54. The minimum absolute atomic E-state index is 0. The zero-order valence-corrected chi connectivity index (χ0v) is 19.2. The van der Waals surface area contributed by atoms with Crippen LogP contribution in [0, 0.1) is 0 Å². The van der Waals surface area contributed by atoms with Crippen molar-refractivity contribution in [2.75, 3.05) is 32.1 Å². The molecular weight excluding hydrogens is 440 g/mol. The lowest BCUT2D eigenvalue weighted by atomic mass is 10.1. The van der Waals surface area contributed by atoms with Crippen LogP contribution in [0.15, 0.2) is 30.6 Å². The molecule has 1 aromatic carbocycles. The number of H-pyrrole nitrogens is 1. The van der Waals surface area contributed by atoms with Crippen molar-refractivity contribution >= 4 is 49.9 Å². The molecule has 0 radical (unpaired) electrons. The average Bonchev–Trinajstić information content (AvgIpc) is 3.50. The van der Waals surface area contributed by atoms with E-state index in [1.807, 2.05) is 12.3 Å². The molecule has 7 nitrogen and oxygen atoms in total. The molecule has 0 unspecified atom stereocenters. The molecule has 1 aliphatic heterocycles. The molecule has 3 aromatic heterocycles. The number of methoxy groups -OCH3 is 1. The molecule has 2 N–H and O–H groups in total. The van der Waals surface area contributed by atoms with E-state index in [-0.39, 0.29) is 12.4 Å². The van der Waals surface area contributed by atoms with Gasteiger partial charge in [0.25, 0.3) is 0 Å². The molecule has 30 heavy (non-hydrogen) atoms. The zero-order chi connectivity index (χ0) is 19.8. The minimum Gasteiger partial charge on any atom is -0.496 e. The van der Waals surface area contributed by atoms with Gasteiger partial charge in [-0.25, -0.2) is 9.97 Å². The monoisotopic (exact) mass is 462 g/mol. The lowest BCUT2D eigenvalue weighted by Gasteiger charge is -2.31. The lowest BCUT2D eigenvalue weighted by molar-refractivity contribution is 0.416. The SMILES string of the molecule is COc1cc(-c2cn[nH]c2)ccc1-c1nc2sc(N(C)C3CCNCC3)nc2s1.Cl. The van der Waals surface area contributed by atoms with Crippen LogP contribution in [0.4, 0.5) is 5.13 Å². The van der Waals surface area contributed by atoms with Gasteiger partial charge < -0.3 is 15.0 Å². The van der Waals surface area contributed by atoms with E-state index in [2.05, 4.69) is 39.6 Å². The smallest absolute Gasteiger partial charge is 0.188 e. The Labute approximate surface area is 188 Å². The number of halogens is 1. The Kier molecular flexibility index (Phi) is 6.24. The van der Waals surface area contributed by atoms with Crippen LogP contribution in [0.1, 0.15) is 12.8 Å². The van der Waals surface area contributed by atoms with E-state index in [0.29, 0.717) is 6.04 Å². The number of anilines is 1. The maximum atomic E-state index is 5.66. The lowest BCUT2D eigenvalue weighted by Crippen LogP contribution is -2.41. The quantitative estimate of drug-likeness (QED) is 0.456. The molecule has 0 saturated carbocycles. The average molecular weight is 463 g/mol. The van der Waals surface area contributed by atoms with Gasteiger partial charge in [0.15, 0.2) is 14.8 Å². The highest BCUT2D eigenvalue weighted by Crippen LogP contribution is 2.40. The summed E-state index contributed by atoms with van der Waals surface area (Å²) in [5.74, 6) is 0.803. The highest BCUT2D eigenvalue weighted by atomic mass is 35.5. The first-order chi connectivity index (χ1) is 14.2. The Morgan fingerprint density at radius 1 is 1.10 bits per heavy atom. The van der Waals surface area contributed by atoms with Crippen LogP contribution in [-0.4, -0.2) is 53.5 Å². The molecule has 0 amide bonds. The van der Waals surface area contributed by atoms with Crippen molar-refractivity contribution < 1.29 is 4.74 Å². The molecule has 0 atom stereocenters.